The molecule has 1 heterocycles. The molecule has 0 aliphatic rings. The second kappa shape index (κ2) is 9.68. The number of nitrogens with one attached hydrogen (secondary N) is 1. The van der Waals surface area contributed by atoms with Gasteiger partial charge < -0.3 is 10.1 Å². The minimum Gasteiger partial charge on any atom is -0.497 e. The first-order valence-corrected chi connectivity index (χ1v) is 10.8. The van der Waals surface area contributed by atoms with Crippen molar-refractivity contribution in [3.63, 3.8) is 0 Å². The van der Waals surface area contributed by atoms with Gasteiger partial charge in [-0.05, 0) is 60.7 Å². The minimum absolute atomic E-state index is 0.117. The number of halogens is 1. The van der Waals surface area contributed by atoms with Crippen molar-refractivity contribution in [2.45, 2.75) is 5.16 Å². The summed E-state index contributed by atoms with van der Waals surface area (Å²) in [4.78, 5) is 12.4. The van der Waals surface area contributed by atoms with E-state index in [4.69, 9.17) is 16.3 Å². The molecule has 6 nitrogen and oxygen atoms in total. The SMILES string of the molecule is COc1ccc(-n2c(SCC(=O)Nc3ccccc3)nnc2-c2ccc(Cl)cc2)cc1. The molecule has 0 aliphatic heterocycles. The van der Waals surface area contributed by atoms with Crippen molar-refractivity contribution in [1.82, 2.24) is 14.8 Å². The number of benzene rings is 3. The van der Waals surface area contributed by atoms with Crippen LogP contribution in [0.1, 0.15) is 0 Å². The van der Waals surface area contributed by atoms with Crippen LogP contribution in [0.4, 0.5) is 5.69 Å². The number of nitrogens with zero attached hydrogens (tertiary/aromatic N) is 3. The Hall–Kier alpha value is -3.29. The second-order valence-corrected chi connectivity index (χ2v) is 7.93. The van der Waals surface area contributed by atoms with Crippen molar-refractivity contribution in [3.8, 4) is 22.8 Å². The molecule has 1 amide bonds. The van der Waals surface area contributed by atoms with Crippen molar-refractivity contribution in [2.75, 3.05) is 18.2 Å². The molecule has 0 spiro atoms. The number of methoxy groups -OCH3 is 1. The maximum absolute atomic E-state index is 12.4. The standard InChI is InChI=1S/C23H19ClN4O2S/c1-30-20-13-11-19(12-14-20)28-22(16-7-9-17(24)10-8-16)26-27-23(28)31-15-21(29)25-18-5-3-2-4-6-18/h2-14H,15H2,1H3,(H,25,29). The highest BCUT2D eigenvalue weighted by Crippen LogP contribution is 2.29. The van der Waals surface area contributed by atoms with E-state index < -0.39 is 0 Å². The van der Waals surface area contributed by atoms with E-state index in [-0.39, 0.29) is 11.7 Å². The van der Waals surface area contributed by atoms with Gasteiger partial charge in [0.1, 0.15) is 5.75 Å². The zero-order valence-corrected chi connectivity index (χ0v) is 18.2. The first kappa shape index (κ1) is 21.0. The maximum atomic E-state index is 12.4. The first-order valence-electron chi connectivity index (χ1n) is 9.47. The smallest absolute Gasteiger partial charge is 0.234 e. The van der Waals surface area contributed by atoms with Crippen molar-refractivity contribution < 1.29 is 9.53 Å². The van der Waals surface area contributed by atoms with E-state index in [0.29, 0.717) is 16.0 Å². The Morgan fingerprint density at radius 2 is 1.71 bits per heavy atom. The molecule has 0 bridgehead atoms. The summed E-state index contributed by atoms with van der Waals surface area (Å²) in [7, 11) is 1.62. The Morgan fingerprint density at radius 3 is 2.39 bits per heavy atom. The fraction of sp³-hybridized carbons (Fsp3) is 0.0870. The molecule has 1 aromatic heterocycles. The third kappa shape index (κ3) is 5.07. The van der Waals surface area contributed by atoms with E-state index in [2.05, 4.69) is 15.5 Å². The van der Waals surface area contributed by atoms with E-state index in [1.807, 2.05) is 83.4 Å². The quantitative estimate of drug-likeness (QED) is 0.385. The highest BCUT2D eigenvalue weighted by molar-refractivity contribution is 7.99. The summed E-state index contributed by atoms with van der Waals surface area (Å²) in [6, 6.07) is 24.4. The average molecular weight is 451 g/mol. The van der Waals surface area contributed by atoms with Gasteiger partial charge in [-0.2, -0.15) is 0 Å². The number of hydrogen-bond donors (Lipinski definition) is 1. The topological polar surface area (TPSA) is 69.0 Å². The van der Waals surface area contributed by atoms with Gasteiger partial charge in [0.15, 0.2) is 11.0 Å². The van der Waals surface area contributed by atoms with Gasteiger partial charge in [-0.3, -0.25) is 9.36 Å². The Kier molecular flexibility index (Phi) is 6.54. The molecule has 4 rings (SSSR count). The van der Waals surface area contributed by atoms with Gasteiger partial charge in [-0.15, -0.1) is 10.2 Å². The molecule has 0 fully saturated rings. The average Bonchev–Trinajstić information content (AvgIpc) is 3.23. The summed E-state index contributed by atoms with van der Waals surface area (Å²) in [5.74, 6) is 1.49. The van der Waals surface area contributed by atoms with Gasteiger partial charge >= 0.3 is 0 Å². The lowest BCUT2D eigenvalue weighted by Gasteiger charge is -2.11. The third-order valence-corrected chi connectivity index (χ3v) is 5.64. The molecule has 8 heteroatoms. The van der Waals surface area contributed by atoms with Gasteiger partial charge in [-0.25, -0.2) is 0 Å². The second-order valence-electron chi connectivity index (χ2n) is 6.55. The van der Waals surface area contributed by atoms with Gasteiger partial charge in [0.2, 0.25) is 5.91 Å². The summed E-state index contributed by atoms with van der Waals surface area (Å²) in [5.41, 5.74) is 2.49. The third-order valence-electron chi connectivity index (χ3n) is 4.46. The predicted octanol–water partition coefficient (Wildman–Crippen LogP) is 5.33. The highest BCUT2D eigenvalue weighted by atomic mass is 35.5. The molecule has 0 atom stereocenters. The largest absolute Gasteiger partial charge is 0.497 e. The molecular formula is C23H19ClN4O2S. The van der Waals surface area contributed by atoms with Crippen LogP contribution >= 0.6 is 23.4 Å². The molecule has 31 heavy (non-hydrogen) atoms. The summed E-state index contributed by atoms with van der Waals surface area (Å²) in [6.07, 6.45) is 0. The summed E-state index contributed by atoms with van der Waals surface area (Å²) in [6.45, 7) is 0. The first-order chi connectivity index (χ1) is 15.1. The van der Waals surface area contributed by atoms with Gasteiger partial charge in [0, 0.05) is 22.0 Å². The van der Waals surface area contributed by atoms with Crippen LogP contribution in [-0.4, -0.2) is 33.5 Å². The van der Waals surface area contributed by atoms with Gasteiger partial charge in [-0.1, -0.05) is 41.6 Å². The fourth-order valence-electron chi connectivity index (χ4n) is 2.96. The van der Waals surface area contributed by atoms with E-state index in [9.17, 15) is 4.79 Å². The predicted molar refractivity (Wildman–Crippen MR) is 124 cm³/mol. The van der Waals surface area contributed by atoms with Crippen LogP contribution in [0.2, 0.25) is 5.02 Å². The molecule has 4 aromatic rings. The number of para-hydroxylation sites is 1. The van der Waals surface area contributed by atoms with Crippen LogP contribution in [0.5, 0.6) is 5.75 Å². The lowest BCUT2D eigenvalue weighted by Crippen LogP contribution is -2.14. The van der Waals surface area contributed by atoms with E-state index in [0.717, 1.165) is 22.7 Å². The molecule has 1 N–H and O–H groups in total. The Balaban J connectivity index is 1.62. The van der Waals surface area contributed by atoms with Gasteiger partial charge in [0.25, 0.3) is 0 Å². The molecule has 0 unspecified atom stereocenters. The van der Waals surface area contributed by atoms with Crippen molar-refractivity contribution >= 4 is 35.0 Å². The molecule has 156 valence electrons. The molecule has 0 saturated carbocycles. The number of carbonyl (C=O) groups is 1. The summed E-state index contributed by atoms with van der Waals surface area (Å²) < 4.78 is 7.19. The van der Waals surface area contributed by atoms with E-state index in [1.54, 1.807) is 7.11 Å². The highest BCUT2D eigenvalue weighted by Gasteiger charge is 2.17. The number of amides is 1. The summed E-state index contributed by atoms with van der Waals surface area (Å²) >= 11 is 7.36. The number of thioether (sulfide) groups is 1. The van der Waals surface area contributed by atoms with Gasteiger partial charge in [0.05, 0.1) is 12.9 Å². The van der Waals surface area contributed by atoms with Crippen LogP contribution in [0.15, 0.2) is 84.0 Å². The molecule has 3 aromatic carbocycles. The lowest BCUT2D eigenvalue weighted by atomic mass is 10.2. The van der Waals surface area contributed by atoms with Crippen LogP contribution in [-0.2, 0) is 4.79 Å². The zero-order valence-electron chi connectivity index (χ0n) is 16.7. The van der Waals surface area contributed by atoms with Crippen LogP contribution in [0, 0.1) is 0 Å². The van der Waals surface area contributed by atoms with Crippen molar-refractivity contribution in [2.24, 2.45) is 0 Å². The van der Waals surface area contributed by atoms with E-state index in [1.165, 1.54) is 11.8 Å². The van der Waals surface area contributed by atoms with E-state index >= 15 is 0 Å². The minimum atomic E-state index is -0.117. The Labute approximate surface area is 189 Å². The monoisotopic (exact) mass is 450 g/mol. The zero-order chi connectivity index (χ0) is 21.6. The normalized spacial score (nSPS) is 10.6. The molecule has 0 aliphatic carbocycles. The maximum Gasteiger partial charge on any atom is 0.234 e. The molecule has 0 saturated heterocycles. The molecular weight excluding hydrogens is 432 g/mol. The van der Waals surface area contributed by atoms with Crippen LogP contribution in [0.3, 0.4) is 0 Å². The van der Waals surface area contributed by atoms with Crippen LogP contribution < -0.4 is 10.1 Å². The number of aromatic nitrogens is 3. The Morgan fingerprint density at radius 1 is 1.00 bits per heavy atom. The number of hydrogen-bond acceptors (Lipinski definition) is 5. The lowest BCUT2D eigenvalue weighted by molar-refractivity contribution is -0.113. The number of anilines is 1. The number of ether oxygens (including phenoxy) is 1. The van der Waals surface area contributed by atoms with Crippen molar-refractivity contribution in [3.05, 3.63) is 83.9 Å². The Bertz CT molecular complexity index is 1160. The van der Waals surface area contributed by atoms with Crippen molar-refractivity contribution in [1.29, 1.82) is 0 Å². The summed E-state index contributed by atoms with van der Waals surface area (Å²) in [5, 5.41) is 12.9. The van der Waals surface area contributed by atoms with Crippen LogP contribution in [0.25, 0.3) is 17.1 Å². The fourth-order valence-corrected chi connectivity index (χ4v) is 3.84. The number of carbonyl (C=O) groups excluding carboxylic acids is 1. The number of rotatable bonds is 7. The molecule has 0 radical (unpaired) electrons.